The molecule has 0 spiro atoms. The molecule has 2 rings (SSSR count). The van der Waals surface area contributed by atoms with Gasteiger partial charge in [0.25, 0.3) is 5.91 Å². The van der Waals surface area contributed by atoms with Gasteiger partial charge in [-0.25, -0.2) is 5.43 Å². The molecular formula is C23H29BrN2O2. The fraction of sp³-hybridized carbons (Fsp3) is 0.391. The van der Waals surface area contributed by atoms with Gasteiger partial charge in [0.2, 0.25) is 0 Å². The van der Waals surface area contributed by atoms with E-state index in [-0.39, 0.29) is 17.9 Å². The van der Waals surface area contributed by atoms with Crippen LogP contribution in [0.1, 0.15) is 58.1 Å². The fourth-order valence-electron chi connectivity index (χ4n) is 2.63. The maximum Gasteiger partial charge on any atom is 0.277 e. The summed E-state index contributed by atoms with van der Waals surface area (Å²) in [5, 5.41) is 4.34. The second-order valence-corrected chi connectivity index (χ2v) is 8.60. The third-order valence-corrected chi connectivity index (χ3v) is 4.97. The molecule has 28 heavy (non-hydrogen) atoms. The van der Waals surface area contributed by atoms with Crippen LogP contribution in [-0.2, 0) is 10.2 Å². The molecule has 0 fully saturated rings. The standard InChI is InChI=1S/C23H29BrN2O2/c1-5-6-12-20(17-10-8-7-9-11-17)25-26-22(27)16-28-21-14-13-18(15-19(21)24)23(2,3)4/h7-11,13-15H,5-6,12,16H2,1-4H3,(H,26,27)/b25-20+. The van der Waals surface area contributed by atoms with Crippen LogP contribution in [0, 0.1) is 0 Å². The quantitative estimate of drug-likeness (QED) is 0.410. The van der Waals surface area contributed by atoms with Gasteiger partial charge >= 0.3 is 0 Å². The van der Waals surface area contributed by atoms with Crippen LogP contribution in [-0.4, -0.2) is 18.2 Å². The Hall–Kier alpha value is -2.14. The average molecular weight is 445 g/mol. The van der Waals surface area contributed by atoms with Crippen molar-refractivity contribution < 1.29 is 9.53 Å². The molecule has 0 radical (unpaired) electrons. The number of nitrogens with zero attached hydrogens (tertiary/aromatic N) is 1. The molecule has 0 aliphatic heterocycles. The fourth-order valence-corrected chi connectivity index (χ4v) is 3.12. The number of nitrogens with one attached hydrogen (secondary N) is 1. The van der Waals surface area contributed by atoms with Gasteiger partial charge < -0.3 is 4.74 Å². The lowest BCUT2D eigenvalue weighted by molar-refractivity contribution is -0.123. The molecule has 0 saturated heterocycles. The first-order valence-electron chi connectivity index (χ1n) is 9.65. The Bertz CT molecular complexity index is 811. The molecule has 5 heteroatoms. The Balaban J connectivity index is 1.98. The SMILES string of the molecule is CCCC/C(=N\NC(=O)COc1ccc(C(C)(C)C)cc1Br)c1ccccc1. The Labute approximate surface area is 176 Å². The van der Waals surface area contributed by atoms with Gasteiger partial charge in [0.15, 0.2) is 6.61 Å². The van der Waals surface area contributed by atoms with E-state index in [9.17, 15) is 4.79 Å². The predicted molar refractivity (Wildman–Crippen MR) is 119 cm³/mol. The van der Waals surface area contributed by atoms with Crippen LogP contribution in [0.15, 0.2) is 58.1 Å². The highest BCUT2D eigenvalue weighted by atomic mass is 79.9. The number of carbonyl (C=O) groups excluding carboxylic acids is 1. The summed E-state index contributed by atoms with van der Waals surface area (Å²) in [5.74, 6) is 0.359. The van der Waals surface area contributed by atoms with Crippen LogP contribution >= 0.6 is 15.9 Å². The zero-order valence-electron chi connectivity index (χ0n) is 17.1. The number of rotatable bonds is 8. The minimum absolute atomic E-state index is 0.0550. The molecule has 0 saturated carbocycles. The van der Waals surface area contributed by atoms with E-state index in [4.69, 9.17) is 4.74 Å². The largest absolute Gasteiger partial charge is 0.483 e. The lowest BCUT2D eigenvalue weighted by atomic mass is 9.87. The van der Waals surface area contributed by atoms with Gasteiger partial charge in [-0.2, -0.15) is 5.10 Å². The number of unbranched alkanes of at least 4 members (excludes halogenated alkanes) is 1. The first-order valence-corrected chi connectivity index (χ1v) is 10.4. The molecule has 1 N–H and O–H groups in total. The molecule has 2 aromatic rings. The lowest BCUT2D eigenvalue weighted by Crippen LogP contribution is -2.26. The molecule has 0 atom stereocenters. The second-order valence-electron chi connectivity index (χ2n) is 7.75. The molecule has 150 valence electrons. The van der Waals surface area contributed by atoms with Crippen molar-refractivity contribution in [2.75, 3.05) is 6.61 Å². The van der Waals surface area contributed by atoms with Crippen molar-refractivity contribution in [3.05, 3.63) is 64.1 Å². The van der Waals surface area contributed by atoms with Crippen LogP contribution in [0.3, 0.4) is 0 Å². The Morgan fingerprint density at radius 2 is 1.86 bits per heavy atom. The summed E-state index contributed by atoms with van der Waals surface area (Å²) in [5.41, 5.74) is 5.78. The number of hydrogen-bond acceptors (Lipinski definition) is 3. The molecule has 0 heterocycles. The number of benzene rings is 2. The summed E-state index contributed by atoms with van der Waals surface area (Å²) in [4.78, 5) is 12.2. The number of ether oxygens (including phenoxy) is 1. The molecule has 0 bridgehead atoms. The van der Waals surface area contributed by atoms with Gasteiger partial charge in [-0.15, -0.1) is 0 Å². The van der Waals surface area contributed by atoms with Crippen molar-refractivity contribution in [3.8, 4) is 5.75 Å². The zero-order valence-corrected chi connectivity index (χ0v) is 18.7. The average Bonchev–Trinajstić information content (AvgIpc) is 2.67. The number of hydrogen-bond donors (Lipinski definition) is 1. The third-order valence-electron chi connectivity index (χ3n) is 4.35. The Kier molecular flexibility index (Phi) is 8.24. The molecular weight excluding hydrogens is 416 g/mol. The van der Waals surface area contributed by atoms with Gasteiger partial charge in [-0.1, -0.05) is 70.5 Å². The van der Waals surface area contributed by atoms with Crippen molar-refractivity contribution in [3.63, 3.8) is 0 Å². The highest BCUT2D eigenvalue weighted by Gasteiger charge is 2.15. The first kappa shape index (κ1) is 22.2. The van der Waals surface area contributed by atoms with Crippen LogP contribution in [0.2, 0.25) is 0 Å². The van der Waals surface area contributed by atoms with Crippen LogP contribution in [0.25, 0.3) is 0 Å². The van der Waals surface area contributed by atoms with E-state index in [1.165, 1.54) is 5.56 Å². The highest BCUT2D eigenvalue weighted by Crippen LogP contribution is 2.31. The number of carbonyl (C=O) groups is 1. The molecule has 0 aromatic heterocycles. The second kappa shape index (κ2) is 10.4. The Morgan fingerprint density at radius 3 is 2.46 bits per heavy atom. The van der Waals surface area contributed by atoms with Gasteiger partial charge in [0, 0.05) is 0 Å². The maximum absolute atomic E-state index is 12.2. The number of halogens is 1. The van der Waals surface area contributed by atoms with Gasteiger partial charge in [0.05, 0.1) is 10.2 Å². The normalized spacial score (nSPS) is 12.0. The molecule has 0 aliphatic rings. The summed E-state index contributed by atoms with van der Waals surface area (Å²) < 4.78 is 6.49. The molecule has 2 aromatic carbocycles. The summed E-state index contributed by atoms with van der Waals surface area (Å²) in [6.07, 6.45) is 2.91. The minimum Gasteiger partial charge on any atom is -0.483 e. The smallest absolute Gasteiger partial charge is 0.277 e. The van der Waals surface area contributed by atoms with E-state index in [2.05, 4.69) is 54.2 Å². The van der Waals surface area contributed by atoms with E-state index in [0.29, 0.717) is 5.75 Å². The van der Waals surface area contributed by atoms with Crippen molar-refractivity contribution >= 4 is 27.5 Å². The van der Waals surface area contributed by atoms with Crippen molar-refractivity contribution in [2.45, 2.75) is 52.4 Å². The lowest BCUT2D eigenvalue weighted by Gasteiger charge is -2.20. The molecule has 1 amide bonds. The molecule has 4 nitrogen and oxygen atoms in total. The van der Waals surface area contributed by atoms with Gasteiger partial charge in [0.1, 0.15) is 5.75 Å². The molecule has 0 aliphatic carbocycles. The van der Waals surface area contributed by atoms with Crippen molar-refractivity contribution in [1.82, 2.24) is 5.43 Å². The molecule has 0 unspecified atom stereocenters. The van der Waals surface area contributed by atoms with Gasteiger partial charge in [-0.3, -0.25) is 4.79 Å². The number of hydrazone groups is 1. The van der Waals surface area contributed by atoms with Crippen LogP contribution in [0.4, 0.5) is 0 Å². The zero-order chi connectivity index (χ0) is 20.6. The summed E-state index contributed by atoms with van der Waals surface area (Å²) in [6.45, 7) is 8.52. The van der Waals surface area contributed by atoms with Crippen LogP contribution in [0.5, 0.6) is 5.75 Å². The number of amides is 1. The van der Waals surface area contributed by atoms with E-state index in [0.717, 1.165) is 35.0 Å². The monoisotopic (exact) mass is 444 g/mol. The van der Waals surface area contributed by atoms with Crippen molar-refractivity contribution in [1.29, 1.82) is 0 Å². The predicted octanol–water partition coefficient (Wildman–Crippen LogP) is 5.84. The highest BCUT2D eigenvalue weighted by molar-refractivity contribution is 9.10. The maximum atomic E-state index is 12.2. The van der Waals surface area contributed by atoms with E-state index in [1.54, 1.807) is 0 Å². The third kappa shape index (κ3) is 6.79. The summed E-state index contributed by atoms with van der Waals surface area (Å²) in [7, 11) is 0. The van der Waals surface area contributed by atoms with E-state index >= 15 is 0 Å². The van der Waals surface area contributed by atoms with E-state index < -0.39 is 0 Å². The summed E-state index contributed by atoms with van der Waals surface area (Å²) in [6, 6.07) is 15.9. The van der Waals surface area contributed by atoms with E-state index in [1.807, 2.05) is 48.5 Å². The Morgan fingerprint density at radius 1 is 1.14 bits per heavy atom. The van der Waals surface area contributed by atoms with Crippen molar-refractivity contribution in [2.24, 2.45) is 5.10 Å². The topological polar surface area (TPSA) is 50.7 Å². The van der Waals surface area contributed by atoms with Gasteiger partial charge in [-0.05, 0) is 57.4 Å². The minimum atomic E-state index is -0.281. The first-order chi connectivity index (χ1) is 13.3. The summed E-state index contributed by atoms with van der Waals surface area (Å²) >= 11 is 3.53. The van der Waals surface area contributed by atoms with Crippen LogP contribution < -0.4 is 10.2 Å².